The summed E-state index contributed by atoms with van der Waals surface area (Å²) in [6, 6.07) is 8.97. The Morgan fingerprint density at radius 1 is 1.04 bits per heavy atom. The Bertz CT molecular complexity index is 1010. The van der Waals surface area contributed by atoms with Crippen molar-refractivity contribution in [2.75, 3.05) is 0 Å². The SMILES string of the molecule is Cc1ccc(C(NS(=O)(=O)c2c(C)noc2C)c2cccnc2)cc1C. The molecular formula is C19H21N3O3S. The lowest BCUT2D eigenvalue weighted by Gasteiger charge is -2.20. The highest BCUT2D eigenvalue weighted by Gasteiger charge is 2.28. The topological polar surface area (TPSA) is 85.1 Å². The largest absolute Gasteiger partial charge is 0.360 e. The molecule has 1 atom stereocenters. The molecule has 0 spiro atoms. The number of hydrogen-bond donors (Lipinski definition) is 1. The fourth-order valence-electron chi connectivity index (χ4n) is 2.89. The van der Waals surface area contributed by atoms with Gasteiger partial charge in [-0.25, -0.2) is 8.42 Å². The van der Waals surface area contributed by atoms with E-state index in [9.17, 15) is 8.42 Å². The molecular weight excluding hydrogens is 350 g/mol. The van der Waals surface area contributed by atoms with Crippen LogP contribution < -0.4 is 4.72 Å². The second kappa shape index (κ2) is 7.01. The molecule has 136 valence electrons. The van der Waals surface area contributed by atoms with Crippen molar-refractivity contribution in [3.8, 4) is 0 Å². The number of pyridine rings is 1. The van der Waals surface area contributed by atoms with Gasteiger partial charge < -0.3 is 4.52 Å². The zero-order valence-corrected chi connectivity index (χ0v) is 16.0. The average Bonchev–Trinajstić information content (AvgIpc) is 2.95. The van der Waals surface area contributed by atoms with Gasteiger partial charge in [-0.1, -0.05) is 29.4 Å². The normalized spacial score (nSPS) is 12.9. The van der Waals surface area contributed by atoms with Gasteiger partial charge >= 0.3 is 0 Å². The highest BCUT2D eigenvalue weighted by atomic mass is 32.2. The molecule has 2 heterocycles. The van der Waals surface area contributed by atoms with Crippen molar-refractivity contribution in [3.63, 3.8) is 0 Å². The zero-order valence-electron chi connectivity index (χ0n) is 15.1. The van der Waals surface area contributed by atoms with E-state index in [2.05, 4.69) is 14.9 Å². The van der Waals surface area contributed by atoms with Gasteiger partial charge in [0, 0.05) is 12.4 Å². The molecule has 3 rings (SSSR count). The van der Waals surface area contributed by atoms with Gasteiger partial charge in [0.2, 0.25) is 10.0 Å². The maximum atomic E-state index is 13.0. The second-order valence-electron chi connectivity index (χ2n) is 6.34. The summed E-state index contributed by atoms with van der Waals surface area (Å²) in [5.41, 5.74) is 4.17. The summed E-state index contributed by atoms with van der Waals surface area (Å²) < 4.78 is 33.8. The summed E-state index contributed by atoms with van der Waals surface area (Å²) in [5.74, 6) is 0.264. The maximum absolute atomic E-state index is 13.0. The van der Waals surface area contributed by atoms with Crippen LogP contribution in [0, 0.1) is 27.7 Å². The minimum absolute atomic E-state index is 0.0789. The Morgan fingerprint density at radius 2 is 1.81 bits per heavy atom. The number of aryl methyl sites for hydroxylation is 4. The van der Waals surface area contributed by atoms with Crippen molar-refractivity contribution >= 4 is 10.0 Å². The number of nitrogens with zero attached hydrogens (tertiary/aromatic N) is 2. The molecule has 1 aromatic carbocycles. The molecule has 0 aliphatic rings. The van der Waals surface area contributed by atoms with Crippen molar-refractivity contribution in [1.82, 2.24) is 14.9 Å². The van der Waals surface area contributed by atoms with Crippen LogP contribution in [0.4, 0.5) is 0 Å². The molecule has 0 aliphatic carbocycles. The van der Waals surface area contributed by atoms with Crippen LogP contribution in [0.15, 0.2) is 52.1 Å². The molecule has 0 bridgehead atoms. The van der Waals surface area contributed by atoms with Crippen LogP contribution in [-0.4, -0.2) is 18.6 Å². The van der Waals surface area contributed by atoms with Crippen molar-refractivity contribution < 1.29 is 12.9 Å². The maximum Gasteiger partial charge on any atom is 0.246 e. The first-order chi connectivity index (χ1) is 12.3. The van der Waals surface area contributed by atoms with Crippen LogP contribution in [0.1, 0.15) is 39.7 Å². The summed E-state index contributed by atoms with van der Waals surface area (Å²) >= 11 is 0. The van der Waals surface area contributed by atoms with E-state index in [0.29, 0.717) is 5.69 Å². The van der Waals surface area contributed by atoms with E-state index in [1.807, 2.05) is 38.1 Å². The molecule has 0 saturated heterocycles. The molecule has 0 fully saturated rings. The van der Waals surface area contributed by atoms with E-state index >= 15 is 0 Å². The number of sulfonamides is 1. The summed E-state index contributed by atoms with van der Waals surface area (Å²) in [4.78, 5) is 4.21. The molecule has 2 aromatic heterocycles. The Balaban J connectivity index is 2.08. The number of hydrogen-bond acceptors (Lipinski definition) is 5. The lowest BCUT2D eigenvalue weighted by Crippen LogP contribution is -2.30. The molecule has 7 heteroatoms. The van der Waals surface area contributed by atoms with Crippen molar-refractivity contribution in [2.24, 2.45) is 0 Å². The minimum atomic E-state index is -3.83. The summed E-state index contributed by atoms with van der Waals surface area (Å²) in [5, 5.41) is 3.75. The van der Waals surface area contributed by atoms with Crippen LogP contribution in [0.2, 0.25) is 0 Å². The van der Waals surface area contributed by atoms with E-state index in [-0.39, 0.29) is 10.7 Å². The lowest BCUT2D eigenvalue weighted by molar-refractivity contribution is 0.390. The highest BCUT2D eigenvalue weighted by molar-refractivity contribution is 7.89. The number of rotatable bonds is 5. The van der Waals surface area contributed by atoms with Crippen LogP contribution in [0.5, 0.6) is 0 Å². The molecule has 0 aliphatic heterocycles. The van der Waals surface area contributed by atoms with Crippen molar-refractivity contribution in [1.29, 1.82) is 0 Å². The standard InChI is InChI=1S/C19H21N3O3S/c1-12-7-8-16(10-13(12)2)18(17-6-5-9-20-11-17)22-26(23,24)19-14(3)21-25-15(19)4/h5-11,18,22H,1-4H3. The molecule has 0 saturated carbocycles. The first-order valence-electron chi connectivity index (χ1n) is 8.22. The molecule has 26 heavy (non-hydrogen) atoms. The minimum Gasteiger partial charge on any atom is -0.360 e. The molecule has 0 radical (unpaired) electrons. The van der Waals surface area contributed by atoms with E-state index < -0.39 is 16.1 Å². The summed E-state index contributed by atoms with van der Waals surface area (Å²) in [7, 11) is -3.83. The summed E-state index contributed by atoms with van der Waals surface area (Å²) in [6.07, 6.45) is 3.32. The third kappa shape index (κ3) is 3.54. The number of aromatic nitrogens is 2. The number of benzene rings is 1. The Morgan fingerprint density at radius 3 is 2.38 bits per heavy atom. The monoisotopic (exact) mass is 371 g/mol. The van der Waals surface area contributed by atoms with E-state index in [1.54, 1.807) is 32.3 Å². The first-order valence-corrected chi connectivity index (χ1v) is 9.70. The van der Waals surface area contributed by atoms with Gasteiger partial charge in [-0.05, 0) is 56.0 Å². The lowest BCUT2D eigenvalue weighted by atomic mass is 9.97. The molecule has 6 nitrogen and oxygen atoms in total. The van der Waals surface area contributed by atoms with E-state index in [0.717, 1.165) is 22.3 Å². The summed E-state index contributed by atoms with van der Waals surface area (Å²) in [6.45, 7) is 7.22. The van der Waals surface area contributed by atoms with Gasteiger partial charge in [-0.3, -0.25) is 4.98 Å². The predicted molar refractivity (Wildman–Crippen MR) is 98.3 cm³/mol. The van der Waals surface area contributed by atoms with Gasteiger partial charge in [0.25, 0.3) is 0 Å². The van der Waals surface area contributed by atoms with Crippen LogP contribution in [0.25, 0.3) is 0 Å². The van der Waals surface area contributed by atoms with Crippen LogP contribution in [0.3, 0.4) is 0 Å². The average molecular weight is 371 g/mol. The van der Waals surface area contributed by atoms with Crippen LogP contribution >= 0.6 is 0 Å². The Kier molecular flexibility index (Phi) is 4.93. The molecule has 3 aromatic rings. The third-order valence-electron chi connectivity index (χ3n) is 4.39. The smallest absolute Gasteiger partial charge is 0.246 e. The van der Waals surface area contributed by atoms with Gasteiger partial charge in [0.15, 0.2) is 5.76 Å². The fourth-order valence-corrected chi connectivity index (χ4v) is 4.43. The van der Waals surface area contributed by atoms with E-state index in [4.69, 9.17) is 4.52 Å². The van der Waals surface area contributed by atoms with Crippen molar-refractivity contribution in [3.05, 3.63) is 76.4 Å². The number of nitrogens with one attached hydrogen (secondary N) is 1. The highest BCUT2D eigenvalue weighted by Crippen LogP contribution is 2.27. The molecule has 1 N–H and O–H groups in total. The van der Waals surface area contributed by atoms with Gasteiger partial charge in [0.05, 0.1) is 6.04 Å². The third-order valence-corrected chi connectivity index (χ3v) is 6.06. The molecule has 1 unspecified atom stereocenters. The predicted octanol–water partition coefficient (Wildman–Crippen LogP) is 3.37. The van der Waals surface area contributed by atoms with E-state index in [1.165, 1.54) is 0 Å². The quantitative estimate of drug-likeness (QED) is 0.743. The van der Waals surface area contributed by atoms with Gasteiger partial charge in [-0.15, -0.1) is 0 Å². The fraction of sp³-hybridized carbons (Fsp3) is 0.263. The van der Waals surface area contributed by atoms with Crippen molar-refractivity contribution in [2.45, 2.75) is 38.6 Å². The van der Waals surface area contributed by atoms with Gasteiger partial charge in [-0.2, -0.15) is 4.72 Å². The zero-order chi connectivity index (χ0) is 18.9. The second-order valence-corrected chi connectivity index (χ2v) is 7.99. The van der Waals surface area contributed by atoms with Gasteiger partial charge in [0.1, 0.15) is 10.6 Å². The first kappa shape index (κ1) is 18.3. The van der Waals surface area contributed by atoms with Crippen LogP contribution in [-0.2, 0) is 10.0 Å². The Hall–Kier alpha value is -2.51. The Labute approximate surface area is 153 Å². The molecule has 0 amide bonds.